The molecule has 0 aliphatic rings. The van der Waals surface area contributed by atoms with Crippen LogP contribution >= 0.6 is 0 Å². The van der Waals surface area contributed by atoms with Gasteiger partial charge in [-0.2, -0.15) is 0 Å². The molecular weight excluding hydrogens is 272 g/mol. The number of aromatic nitrogens is 1. The highest BCUT2D eigenvalue weighted by Crippen LogP contribution is 2.26. The van der Waals surface area contributed by atoms with Crippen LogP contribution in [0.25, 0.3) is 10.8 Å². The molecule has 0 amide bonds. The van der Waals surface area contributed by atoms with E-state index >= 15 is 0 Å². The molecule has 2 nitrogen and oxygen atoms in total. The van der Waals surface area contributed by atoms with Crippen LogP contribution in [0.1, 0.15) is 17.2 Å². The molecule has 0 aliphatic carbocycles. The molecule has 0 spiro atoms. The Morgan fingerprint density at radius 1 is 1.05 bits per heavy atom. The molecule has 0 fully saturated rings. The van der Waals surface area contributed by atoms with Crippen LogP contribution in [0.3, 0.4) is 0 Å². The Morgan fingerprint density at radius 2 is 1.90 bits per heavy atom. The minimum Gasteiger partial charge on any atom is -0.388 e. The standard InChI is InChI=1S/C17H13F2NO/c18-15-5-4-11(8-16(15)19)9-17(21)13-3-1-2-12-6-7-20-10-14(12)13/h1-8,10,17,21H,9H2. The molecule has 106 valence electrons. The summed E-state index contributed by atoms with van der Waals surface area (Å²) in [6, 6.07) is 11.1. The Morgan fingerprint density at radius 3 is 2.71 bits per heavy atom. The molecule has 2 aromatic carbocycles. The van der Waals surface area contributed by atoms with E-state index in [9.17, 15) is 13.9 Å². The van der Waals surface area contributed by atoms with Crippen molar-refractivity contribution in [2.45, 2.75) is 12.5 Å². The first-order chi connectivity index (χ1) is 10.1. The third kappa shape index (κ3) is 2.76. The Balaban J connectivity index is 1.93. The van der Waals surface area contributed by atoms with Crippen LogP contribution in [0.4, 0.5) is 8.78 Å². The fourth-order valence-corrected chi connectivity index (χ4v) is 2.43. The zero-order chi connectivity index (χ0) is 14.8. The predicted molar refractivity (Wildman–Crippen MR) is 76.8 cm³/mol. The van der Waals surface area contributed by atoms with Gasteiger partial charge in [0.2, 0.25) is 0 Å². The second-order valence-corrected chi connectivity index (χ2v) is 4.91. The SMILES string of the molecule is OC(Cc1ccc(F)c(F)c1)c1cccc2ccncc12. The summed E-state index contributed by atoms with van der Waals surface area (Å²) in [5, 5.41) is 12.2. The van der Waals surface area contributed by atoms with Crippen molar-refractivity contribution < 1.29 is 13.9 Å². The Labute approximate surface area is 120 Å². The van der Waals surface area contributed by atoms with Crippen molar-refractivity contribution >= 4 is 10.8 Å². The molecule has 3 rings (SSSR count). The first-order valence-electron chi connectivity index (χ1n) is 6.60. The van der Waals surface area contributed by atoms with Crippen molar-refractivity contribution in [3.05, 3.63) is 77.6 Å². The van der Waals surface area contributed by atoms with E-state index in [4.69, 9.17) is 0 Å². The van der Waals surface area contributed by atoms with E-state index in [0.717, 1.165) is 28.5 Å². The van der Waals surface area contributed by atoms with E-state index in [1.807, 2.05) is 24.3 Å². The van der Waals surface area contributed by atoms with E-state index in [2.05, 4.69) is 4.98 Å². The maximum Gasteiger partial charge on any atom is 0.159 e. The number of halogens is 2. The summed E-state index contributed by atoms with van der Waals surface area (Å²) < 4.78 is 26.1. The van der Waals surface area contributed by atoms with Gasteiger partial charge in [0, 0.05) is 24.2 Å². The Hall–Kier alpha value is -2.33. The summed E-state index contributed by atoms with van der Waals surface area (Å²) in [6.07, 6.45) is 2.79. The van der Waals surface area contributed by atoms with Crippen LogP contribution in [-0.4, -0.2) is 10.1 Å². The monoisotopic (exact) mass is 285 g/mol. The summed E-state index contributed by atoms with van der Waals surface area (Å²) in [4.78, 5) is 4.07. The first-order valence-corrected chi connectivity index (χ1v) is 6.60. The van der Waals surface area contributed by atoms with Gasteiger partial charge in [-0.25, -0.2) is 8.78 Å². The molecular formula is C17H13F2NO. The molecule has 21 heavy (non-hydrogen) atoms. The average Bonchev–Trinajstić information content (AvgIpc) is 2.50. The quantitative estimate of drug-likeness (QED) is 0.794. The molecule has 0 bridgehead atoms. The van der Waals surface area contributed by atoms with E-state index in [-0.39, 0.29) is 6.42 Å². The zero-order valence-electron chi connectivity index (χ0n) is 11.1. The molecule has 1 atom stereocenters. The van der Waals surface area contributed by atoms with Crippen molar-refractivity contribution in [3.8, 4) is 0 Å². The third-order valence-electron chi connectivity index (χ3n) is 3.49. The van der Waals surface area contributed by atoms with Gasteiger partial charge in [0.25, 0.3) is 0 Å². The van der Waals surface area contributed by atoms with Gasteiger partial charge in [-0.15, -0.1) is 0 Å². The van der Waals surface area contributed by atoms with Gasteiger partial charge >= 0.3 is 0 Å². The molecule has 0 aliphatic heterocycles. The van der Waals surface area contributed by atoms with E-state index in [1.54, 1.807) is 12.4 Å². The molecule has 0 radical (unpaired) electrons. The van der Waals surface area contributed by atoms with Gasteiger partial charge in [-0.05, 0) is 34.7 Å². The summed E-state index contributed by atoms with van der Waals surface area (Å²) >= 11 is 0. The Bertz CT molecular complexity index is 783. The van der Waals surface area contributed by atoms with Gasteiger partial charge in [0.1, 0.15) is 0 Å². The van der Waals surface area contributed by atoms with Crippen LogP contribution in [0.15, 0.2) is 54.9 Å². The second-order valence-electron chi connectivity index (χ2n) is 4.91. The second kappa shape index (κ2) is 5.58. The number of pyridine rings is 1. The predicted octanol–water partition coefficient (Wildman–Crippen LogP) is 3.79. The van der Waals surface area contributed by atoms with Crippen LogP contribution in [0.5, 0.6) is 0 Å². The van der Waals surface area contributed by atoms with E-state index in [0.29, 0.717) is 5.56 Å². The van der Waals surface area contributed by atoms with Gasteiger partial charge in [0.15, 0.2) is 11.6 Å². The molecule has 3 aromatic rings. The van der Waals surface area contributed by atoms with Crippen LogP contribution < -0.4 is 0 Å². The highest BCUT2D eigenvalue weighted by atomic mass is 19.2. The van der Waals surface area contributed by atoms with Crippen molar-refractivity contribution in [1.82, 2.24) is 4.98 Å². The molecule has 1 N–H and O–H groups in total. The van der Waals surface area contributed by atoms with Gasteiger partial charge in [-0.3, -0.25) is 4.98 Å². The van der Waals surface area contributed by atoms with Crippen molar-refractivity contribution in [2.75, 3.05) is 0 Å². The van der Waals surface area contributed by atoms with Gasteiger partial charge in [0.05, 0.1) is 6.10 Å². The maximum absolute atomic E-state index is 13.2. The van der Waals surface area contributed by atoms with Gasteiger partial charge < -0.3 is 5.11 Å². The summed E-state index contributed by atoms with van der Waals surface area (Å²) in [5.74, 6) is -1.79. The lowest BCUT2D eigenvalue weighted by Gasteiger charge is -2.14. The van der Waals surface area contributed by atoms with Crippen molar-refractivity contribution in [3.63, 3.8) is 0 Å². The number of hydrogen-bond donors (Lipinski definition) is 1. The Kier molecular flexibility index (Phi) is 3.62. The molecule has 4 heteroatoms. The number of aliphatic hydroxyl groups is 1. The number of hydrogen-bond acceptors (Lipinski definition) is 2. The molecule has 0 saturated heterocycles. The summed E-state index contributed by atoms with van der Waals surface area (Å²) in [5.41, 5.74) is 1.27. The van der Waals surface area contributed by atoms with Crippen LogP contribution in [0, 0.1) is 11.6 Å². The fourth-order valence-electron chi connectivity index (χ4n) is 2.43. The number of fused-ring (bicyclic) bond motifs is 1. The van der Waals surface area contributed by atoms with E-state index < -0.39 is 17.7 Å². The largest absolute Gasteiger partial charge is 0.388 e. The van der Waals surface area contributed by atoms with Crippen molar-refractivity contribution in [1.29, 1.82) is 0 Å². The number of nitrogens with zero attached hydrogens (tertiary/aromatic N) is 1. The highest BCUT2D eigenvalue weighted by molar-refractivity contribution is 5.85. The van der Waals surface area contributed by atoms with Crippen LogP contribution in [-0.2, 0) is 6.42 Å². The molecule has 0 saturated carbocycles. The lowest BCUT2D eigenvalue weighted by molar-refractivity contribution is 0.180. The summed E-state index contributed by atoms with van der Waals surface area (Å²) in [6.45, 7) is 0. The lowest BCUT2D eigenvalue weighted by Crippen LogP contribution is -2.03. The molecule has 1 unspecified atom stereocenters. The average molecular weight is 285 g/mol. The van der Waals surface area contributed by atoms with Crippen LogP contribution in [0.2, 0.25) is 0 Å². The van der Waals surface area contributed by atoms with Gasteiger partial charge in [-0.1, -0.05) is 24.3 Å². The topological polar surface area (TPSA) is 33.1 Å². The van der Waals surface area contributed by atoms with Crippen molar-refractivity contribution in [2.24, 2.45) is 0 Å². The smallest absolute Gasteiger partial charge is 0.159 e. The van der Waals surface area contributed by atoms with E-state index in [1.165, 1.54) is 6.07 Å². The normalized spacial score (nSPS) is 12.5. The zero-order valence-corrected chi connectivity index (χ0v) is 11.1. The fraction of sp³-hybridized carbons (Fsp3) is 0.118. The third-order valence-corrected chi connectivity index (χ3v) is 3.49. The number of rotatable bonds is 3. The number of aliphatic hydroxyl groups excluding tert-OH is 1. The maximum atomic E-state index is 13.2. The lowest BCUT2D eigenvalue weighted by atomic mass is 9.97. The number of benzene rings is 2. The minimum atomic E-state index is -0.903. The minimum absolute atomic E-state index is 0.213. The first kappa shape index (κ1) is 13.6. The summed E-state index contributed by atoms with van der Waals surface area (Å²) in [7, 11) is 0. The molecule has 1 aromatic heterocycles. The highest BCUT2D eigenvalue weighted by Gasteiger charge is 2.13. The molecule has 1 heterocycles.